The topological polar surface area (TPSA) is 76.0 Å². The Kier molecular flexibility index (Phi) is 6.22. The van der Waals surface area contributed by atoms with Gasteiger partial charge in [-0.05, 0) is 24.0 Å². The van der Waals surface area contributed by atoms with E-state index in [4.69, 9.17) is 0 Å². The molecule has 0 spiro atoms. The first-order valence-corrected chi connectivity index (χ1v) is 9.23. The Morgan fingerprint density at radius 2 is 1.86 bits per heavy atom. The maximum Gasteiger partial charge on any atom is 0.313 e. The molecule has 1 atom stereocenters. The summed E-state index contributed by atoms with van der Waals surface area (Å²) in [7, 11) is 0. The van der Waals surface area contributed by atoms with Gasteiger partial charge in [0.15, 0.2) is 0 Å². The van der Waals surface area contributed by atoms with Gasteiger partial charge in [-0.3, -0.25) is 14.3 Å². The molecule has 3 aromatic rings. The monoisotopic (exact) mass is 376 g/mol. The Balaban J connectivity index is 1.49. The third kappa shape index (κ3) is 5.30. The van der Waals surface area contributed by atoms with Crippen LogP contribution in [0.3, 0.4) is 0 Å². The summed E-state index contributed by atoms with van der Waals surface area (Å²) < 4.78 is 1.71. The molecule has 28 heavy (non-hydrogen) atoms. The van der Waals surface area contributed by atoms with Crippen LogP contribution in [0.15, 0.2) is 67.0 Å². The average molecular weight is 376 g/mol. The van der Waals surface area contributed by atoms with Crippen LogP contribution in [0.1, 0.15) is 29.5 Å². The van der Waals surface area contributed by atoms with Crippen molar-refractivity contribution in [2.45, 2.75) is 26.3 Å². The van der Waals surface area contributed by atoms with Gasteiger partial charge < -0.3 is 10.6 Å². The second-order valence-electron chi connectivity index (χ2n) is 6.89. The summed E-state index contributed by atoms with van der Waals surface area (Å²) in [6.07, 6.45) is 3.23. The van der Waals surface area contributed by atoms with Gasteiger partial charge in [0.25, 0.3) is 0 Å². The van der Waals surface area contributed by atoms with Crippen LogP contribution in [0.5, 0.6) is 0 Å². The van der Waals surface area contributed by atoms with Gasteiger partial charge in [0.1, 0.15) is 0 Å². The van der Waals surface area contributed by atoms with Crippen LogP contribution in [-0.4, -0.2) is 28.1 Å². The smallest absolute Gasteiger partial charge is 0.313 e. The van der Waals surface area contributed by atoms with E-state index in [1.165, 1.54) is 11.8 Å². The number of carbonyl (C=O) groups is 2. The van der Waals surface area contributed by atoms with Crippen molar-refractivity contribution in [2.24, 2.45) is 0 Å². The molecule has 144 valence electrons. The number of carbonyl (C=O) groups excluding carboxylic acids is 2. The van der Waals surface area contributed by atoms with Crippen molar-refractivity contribution in [3.63, 3.8) is 0 Å². The van der Waals surface area contributed by atoms with Crippen LogP contribution in [0.2, 0.25) is 0 Å². The molecule has 0 aliphatic carbocycles. The number of rotatable bonds is 6. The second-order valence-corrected chi connectivity index (χ2v) is 6.89. The Bertz CT molecular complexity index is 950. The van der Waals surface area contributed by atoms with Gasteiger partial charge in [-0.1, -0.05) is 67.1 Å². The number of benzene rings is 2. The zero-order chi connectivity index (χ0) is 19.9. The minimum absolute atomic E-state index is 0.116. The number of amides is 2. The summed E-state index contributed by atoms with van der Waals surface area (Å²) in [6, 6.07) is 18.0. The van der Waals surface area contributed by atoms with Crippen LogP contribution in [-0.2, 0) is 16.1 Å². The normalized spacial score (nSPS) is 11.6. The highest BCUT2D eigenvalue weighted by atomic mass is 16.2. The molecule has 0 saturated carbocycles. The van der Waals surface area contributed by atoms with Gasteiger partial charge in [-0.2, -0.15) is 5.10 Å². The molecular weight excluding hydrogens is 352 g/mol. The molecule has 3 rings (SSSR count). The maximum absolute atomic E-state index is 12.1. The second kappa shape index (κ2) is 8.99. The van der Waals surface area contributed by atoms with E-state index in [0.29, 0.717) is 18.8 Å². The SMILES string of the molecule is Cc1cccc([C@@H](C)CNC(=O)C(=O)Nc2cnn(Cc3ccccc3)c2)c1. The average Bonchev–Trinajstić information content (AvgIpc) is 3.13. The molecule has 2 amide bonds. The Hall–Kier alpha value is -3.41. The standard InChI is InChI=1S/C22H24N4O2/c1-16-7-6-10-19(11-16)17(2)12-23-21(27)22(28)25-20-13-24-26(15-20)14-18-8-4-3-5-9-18/h3-11,13,15,17H,12,14H2,1-2H3,(H,23,27)(H,25,28)/t17-/m0/s1. The fourth-order valence-electron chi connectivity index (χ4n) is 2.89. The minimum atomic E-state index is -0.698. The Morgan fingerprint density at radius 3 is 2.61 bits per heavy atom. The van der Waals surface area contributed by atoms with E-state index in [1.54, 1.807) is 10.9 Å². The summed E-state index contributed by atoms with van der Waals surface area (Å²) in [5.74, 6) is -1.24. The van der Waals surface area contributed by atoms with E-state index in [-0.39, 0.29) is 5.92 Å². The molecule has 1 heterocycles. The molecule has 6 heteroatoms. The van der Waals surface area contributed by atoms with Crippen molar-refractivity contribution in [3.05, 3.63) is 83.7 Å². The maximum atomic E-state index is 12.1. The van der Waals surface area contributed by atoms with Gasteiger partial charge in [0.2, 0.25) is 0 Å². The summed E-state index contributed by atoms with van der Waals surface area (Å²) in [4.78, 5) is 24.2. The van der Waals surface area contributed by atoms with Crippen LogP contribution in [0.25, 0.3) is 0 Å². The van der Waals surface area contributed by atoms with Crippen LogP contribution < -0.4 is 10.6 Å². The van der Waals surface area contributed by atoms with E-state index < -0.39 is 11.8 Å². The predicted molar refractivity (Wildman–Crippen MR) is 109 cm³/mol. The number of hydrogen-bond donors (Lipinski definition) is 2. The van der Waals surface area contributed by atoms with Crippen molar-refractivity contribution in [2.75, 3.05) is 11.9 Å². The lowest BCUT2D eigenvalue weighted by Gasteiger charge is -2.13. The van der Waals surface area contributed by atoms with Crippen LogP contribution in [0.4, 0.5) is 5.69 Å². The van der Waals surface area contributed by atoms with Gasteiger partial charge >= 0.3 is 11.8 Å². The minimum Gasteiger partial charge on any atom is -0.347 e. The van der Waals surface area contributed by atoms with Crippen molar-refractivity contribution in [1.29, 1.82) is 0 Å². The fraction of sp³-hybridized carbons (Fsp3) is 0.227. The molecule has 1 aromatic heterocycles. The number of aromatic nitrogens is 2. The first-order valence-electron chi connectivity index (χ1n) is 9.23. The molecule has 0 fully saturated rings. The number of nitrogens with one attached hydrogen (secondary N) is 2. The number of nitrogens with zero attached hydrogens (tertiary/aromatic N) is 2. The molecule has 0 bridgehead atoms. The van der Waals surface area contributed by atoms with Crippen LogP contribution >= 0.6 is 0 Å². The van der Waals surface area contributed by atoms with Crippen LogP contribution in [0, 0.1) is 6.92 Å². The molecule has 6 nitrogen and oxygen atoms in total. The largest absolute Gasteiger partial charge is 0.347 e. The molecule has 0 saturated heterocycles. The van der Waals surface area contributed by atoms with E-state index in [0.717, 1.165) is 11.1 Å². The lowest BCUT2D eigenvalue weighted by atomic mass is 9.99. The zero-order valence-corrected chi connectivity index (χ0v) is 16.1. The number of anilines is 1. The molecular formula is C22H24N4O2. The van der Waals surface area contributed by atoms with E-state index in [1.807, 2.05) is 62.4 Å². The Labute approximate surface area is 164 Å². The summed E-state index contributed by atoms with van der Waals surface area (Å²) in [6.45, 7) is 5.03. The molecule has 2 N–H and O–H groups in total. The first-order chi connectivity index (χ1) is 13.5. The molecule has 0 aliphatic rings. The van der Waals surface area contributed by atoms with Crippen molar-refractivity contribution < 1.29 is 9.59 Å². The third-order valence-corrected chi connectivity index (χ3v) is 4.46. The van der Waals surface area contributed by atoms with Crippen molar-refractivity contribution >= 4 is 17.5 Å². The molecule has 0 radical (unpaired) electrons. The van der Waals surface area contributed by atoms with Gasteiger partial charge in [-0.15, -0.1) is 0 Å². The molecule has 0 aliphatic heterocycles. The quantitative estimate of drug-likeness (QED) is 0.649. The zero-order valence-electron chi connectivity index (χ0n) is 16.1. The third-order valence-electron chi connectivity index (χ3n) is 4.46. The highest BCUT2D eigenvalue weighted by Gasteiger charge is 2.16. The van der Waals surface area contributed by atoms with Gasteiger partial charge in [-0.25, -0.2) is 0 Å². The van der Waals surface area contributed by atoms with E-state index >= 15 is 0 Å². The van der Waals surface area contributed by atoms with Crippen molar-refractivity contribution in [3.8, 4) is 0 Å². The summed E-state index contributed by atoms with van der Waals surface area (Å²) in [5.41, 5.74) is 3.89. The highest BCUT2D eigenvalue weighted by Crippen LogP contribution is 2.15. The van der Waals surface area contributed by atoms with E-state index in [2.05, 4.69) is 21.8 Å². The molecule has 0 unspecified atom stereocenters. The highest BCUT2D eigenvalue weighted by molar-refractivity contribution is 6.39. The Morgan fingerprint density at radius 1 is 1.07 bits per heavy atom. The number of aryl methyl sites for hydroxylation is 1. The fourth-order valence-corrected chi connectivity index (χ4v) is 2.89. The van der Waals surface area contributed by atoms with E-state index in [9.17, 15) is 9.59 Å². The van der Waals surface area contributed by atoms with Gasteiger partial charge in [0.05, 0.1) is 18.4 Å². The van der Waals surface area contributed by atoms with Gasteiger partial charge in [0, 0.05) is 12.7 Å². The van der Waals surface area contributed by atoms with Crippen molar-refractivity contribution in [1.82, 2.24) is 15.1 Å². The summed E-state index contributed by atoms with van der Waals surface area (Å²) in [5, 5.41) is 9.49. The first kappa shape index (κ1) is 19.4. The number of hydrogen-bond acceptors (Lipinski definition) is 3. The lowest BCUT2D eigenvalue weighted by Crippen LogP contribution is -2.37. The predicted octanol–water partition coefficient (Wildman–Crippen LogP) is 3.10. The summed E-state index contributed by atoms with van der Waals surface area (Å²) >= 11 is 0. The lowest BCUT2D eigenvalue weighted by molar-refractivity contribution is -0.136. The molecule has 2 aromatic carbocycles.